The van der Waals surface area contributed by atoms with Crippen molar-refractivity contribution in [1.29, 1.82) is 0 Å². The first-order valence-electron chi connectivity index (χ1n) is 5.44. The van der Waals surface area contributed by atoms with E-state index in [1.165, 1.54) is 16.7 Å². The van der Waals surface area contributed by atoms with Gasteiger partial charge in [0.25, 0.3) is 5.91 Å². The third-order valence-electron chi connectivity index (χ3n) is 2.78. The van der Waals surface area contributed by atoms with Gasteiger partial charge in [0.05, 0.1) is 0 Å². The molecule has 0 saturated carbocycles. The highest BCUT2D eigenvalue weighted by molar-refractivity contribution is 8.00. The van der Waals surface area contributed by atoms with E-state index in [1.807, 2.05) is 13.8 Å². The normalized spacial score (nSPS) is 26.6. The average molecular weight is 289 g/mol. The van der Waals surface area contributed by atoms with Crippen LogP contribution in [0, 0.1) is 0 Å². The summed E-state index contributed by atoms with van der Waals surface area (Å²) in [5.41, 5.74) is 1.45. The molecule has 0 unspecified atom stereocenters. The van der Waals surface area contributed by atoms with Crippen LogP contribution in [0.3, 0.4) is 0 Å². The van der Waals surface area contributed by atoms with Crippen molar-refractivity contribution in [3.05, 3.63) is 11.3 Å². The summed E-state index contributed by atoms with van der Waals surface area (Å²) in [4.78, 5) is 28.8. The fourth-order valence-electron chi connectivity index (χ4n) is 2.03. The Bertz CT molecular complexity index is 471. The number of aliphatic carboxylic acids is 1. The standard InChI is InChI=1S/C11H13ClN2O3S/c1-5(2)13-7-9(15)14-8(11(16)17)6(3-12)4-18-10(7)14/h7,10H,3-4H2,1-2H3,(H,16,17)/t7-,10-/m1/s1. The van der Waals surface area contributed by atoms with Crippen molar-refractivity contribution in [2.24, 2.45) is 4.99 Å². The van der Waals surface area contributed by atoms with E-state index in [1.54, 1.807) is 0 Å². The van der Waals surface area contributed by atoms with Crippen molar-refractivity contribution in [3.8, 4) is 0 Å². The topological polar surface area (TPSA) is 70.0 Å². The summed E-state index contributed by atoms with van der Waals surface area (Å²) in [5.74, 6) is -0.686. The molecule has 0 aliphatic carbocycles. The summed E-state index contributed by atoms with van der Waals surface area (Å²) in [7, 11) is 0. The highest BCUT2D eigenvalue weighted by Gasteiger charge is 2.53. The number of thioether (sulfide) groups is 1. The van der Waals surface area contributed by atoms with Gasteiger partial charge in [0, 0.05) is 17.3 Å². The molecule has 2 heterocycles. The minimum absolute atomic E-state index is 0.0407. The number of carboxylic acid groups (broad SMARTS) is 1. The fourth-order valence-corrected chi connectivity index (χ4v) is 3.69. The number of carbonyl (C=O) groups excluding carboxylic acids is 1. The van der Waals surface area contributed by atoms with Gasteiger partial charge < -0.3 is 5.11 Å². The van der Waals surface area contributed by atoms with E-state index >= 15 is 0 Å². The zero-order valence-corrected chi connectivity index (χ0v) is 11.6. The highest BCUT2D eigenvalue weighted by Crippen LogP contribution is 2.41. The molecule has 1 N–H and O–H groups in total. The first-order chi connectivity index (χ1) is 8.47. The van der Waals surface area contributed by atoms with Crippen LogP contribution in [-0.4, -0.2) is 50.6 Å². The van der Waals surface area contributed by atoms with Gasteiger partial charge in [-0.3, -0.25) is 14.7 Å². The maximum Gasteiger partial charge on any atom is 0.352 e. The van der Waals surface area contributed by atoms with Gasteiger partial charge in [0.15, 0.2) is 6.04 Å². The molecule has 2 aliphatic rings. The molecule has 7 heteroatoms. The number of β-lactam (4-membered cyclic amide) rings is 1. The number of rotatable bonds is 3. The van der Waals surface area contributed by atoms with Crippen LogP contribution in [0.25, 0.3) is 0 Å². The van der Waals surface area contributed by atoms with Crippen molar-refractivity contribution in [2.45, 2.75) is 25.3 Å². The van der Waals surface area contributed by atoms with Crippen molar-refractivity contribution in [1.82, 2.24) is 4.90 Å². The van der Waals surface area contributed by atoms with E-state index in [-0.39, 0.29) is 22.9 Å². The summed E-state index contributed by atoms with van der Waals surface area (Å²) >= 11 is 7.24. The Labute approximate surface area is 114 Å². The summed E-state index contributed by atoms with van der Waals surface area (Å²) in [6.45, 7) is 3.64. The molecule has 0 radical (unpaired) electrons. The average Bonchev–Trinajstić information content (AvgIpc) is 2.33. The molecule has 0 spiro atoms. The number of halogens is 1. The number of amides is 1. The number of carbonyl (C=O) groups is 2. The van der Waals surface area contributed by atoms with Gasteiger partial charge in [-0.15, -0.1) is 23.4 Å². The molecule has 2 rings (SSSR count). The van der Waals surface area contributed by atoms with Gasteiger partial charge in [-0.1, -0.05) is 0 Å². The van der Waals surface area contributed by atoms with Crippen LogP contribution in [0.4, 0.5) is 0 Å². The molecule has 18 heavy (non-hydrogen) atoms. The number of alkyl halides is 1. The number of aliphatic imine (C=N–C) groups is 1. The molecule has 0 bridgehead atoms. The first-order valence-corrected chi connectivity index (χ1v) is 7.02. The fraction of sp³-hybridized carbons (Fsp3) is 0.545. The maximum absolute atomic E-state index is 12.0. The molecule has 1 amide bonds. The Kier molecular flexibility index (Phi) is 3.68. The van der Waals surface area contributed by atoms with E-state index in [4.69, 9.17) is 11.6 Å². The molecule has 98 valence electrons. The quantitative estimate of drug-likeness (QED) is 0.483. The molecule has 2 aliphatic heterocycles. The van der Waals surface area contributed by atoms with Crippen molar-refractivity contribution >= 4 is 41.0 Å². The predicted molar refractivity (Wildman–Crippen MR) is 71.0 cm³/mol. The number of carboxylic acids is 1. The molecule has 0 aromatic heterocycles. The number of fused-ring (bicyclic) bond motifs is 1. The second-order valence-electron chi connectivity index (χ2n) is 4.32. The van der Waals surface area contributed by atoms with Gasteiger partial charge in [-0.05, 0) is 19.4 Å². The first kappa shape index (κ1) is 13.4. The van der Waals surface area contributed by atoms with Gasteiger partial charge >= 0.3 is 5.97 Å². The SMILES string of the molecule is CC(C)=N[C@@H]1C(=O)N2C(C(=O)O)=C(CCl)CS[C@H]12. The van der Waals surface area contributed by atoms with Gasteiger partial charge in [-0.25, -0.2) is 4.79 Å². The maximum atomic E-state index is 12.0. The highest BCUT2D eigenvalue weighted by atomic mass is 35.5. The lowest BCUT2D eigenvalue weighted by molar-refractivity contribution is -0.147. The Morgan fingerprint density at radius 2 is 2.28 bits per heavy atom. The summed E-state index contributed by atoms with van der Waals surface area (Å²) in [5, 5.41) is 8.99. The molecule has 1 saturated heterocycles. The van der Waals surface area contributed by atoms with Crippen LogP contribution >= 0.6 is 23.4 Å². The Hall–Kier alpha value is -1.01. The van der Waals surface area contributed by atoms with E-state index in [2.05, 4.69) is 4.99 Å². The number of hydrogen-bond donors (Lipinski definition) is 1. The minimum atomic E-state index is -1.10. The minimum Gasteiger partial charge on any atom is -0.477 e. The zero-order valence-electron chi connectivity index (χ0n) is 10.0. The molecule has 5 nitrogen and oxygen atoms in total. The molecule has 0 aromatic carbocycles. The van der Waals surface area contributed by atoms with Crippen LogP contribution in [0.15, 0.2) is 16.3 Å². The lowest BCUT2D eigenvalue weighted by atomic mass is 10.0. The number of nitrogens with zero attached hydrogens (tertiary/aromatic N) is 2. The Morgan fingerprint density at radius 1 is 1.61 bits per heavy atom. The van der Waals surface area contributed by atoms with Crippen LogP contribution in [0.5, 0.6) is 0 Å². The predicted octanol–water partition coefficient (Wildman–Crippen LogP) is 1.33. The molecular formula is C11H13ClN2O3S. The third-order valence-corrected chi connectivity index (χ3v) is 4.43. The largest absolute Gasteiger partial charge is 0.477 e. The summed E-state index contributed by atoms with van der Waals surface area (Å²) in [6.07, 6.45) is 0. The second kappa shape index (κ2) is 4.93. The van der Waals surface area contributed by atoms with Crippen LogP contribution in [0.2, 0.25) is 0 Å². The van der Waals surface area contributed by atoms with Crippen molar-refractivity contribution in [2.75, 3.05) is 11.6 Å². The van der Waals surface area contributed by atoms with E-state index in [9.17, 15) is 14.7 Å². The molecule has 2 atom stereocenters. The summed E-state index contributed by atoms with van der Waals surface area (Å²) < 4.78 is 0. The van der Waals surface area contributed by atoms with Gasteiger partial charge in [-0.2, -0.15) is 0 Å². The van der Waals surface area contributed by atoms with Crippen LogP contribution in [-0.2, 0) is 9.59 Å². The smallest absolute Gasteiger partial charge is 0.352 e. The molecule has 0 aromatic rings. The number of hydrogen-bond acceptors (Lipinski definition) is 4. The second-order valence-corrected chi connectivity index (χ2v) is 5.69. The Morgan fingerprint density at radius 3 is 2.78 bits per heavy atom. The Balaban J connectivity index is 2.32. The van der Waals surface area contributed by atoms with E-state index < -0.39 is 12.0 Å². The third kappa shape index (κ3) is 2.03. The summed E-state index contributed by atoms with van der Waals surface area (Å²) in [6, 6.07) is -0.453. The zero-order chi connectivity index (χ0) is 13.4. The van der Waals surface area contributed by atoms with Gasteiger partial charge in [0.1, 0.15) is 11.1 Å². The molecular weight excluding hydrogens is 276 g/mol. The molecule has 1 fully saturated rings. The van der Waals surface area contributed by atoms with Crippen LogP contribution in [0.1, 0.15) is 13.8 Å². The lowest BCUT2D eigenvalue weighted by Gasteiger charge is -2.47. The van der Waals surface area contributed by atoms with Gasteiger partial charge in [0.2, 0.25) is 0 Å². The monoisotopic (exact) mass is 288 g/mol. The van der Waals surface area contributed by atoms with Crippen molar-refractivity contribution < 1.29 is 14.7 Å². The van der Waals surface area contributed by atoms with E-state index in [0.29, 0.717) is 11.3 Å². The lowest BCUT2D eigenvalue weighted by Crippen LogP contribution is -2.64. The van der Waals surface area contributed by atoms with Crippen molar-refractivity contribution in [3.63, 3.8) is 0 Å². The van der Waals surface area contributed by atoms with E-state index in [0.717, 1.165) is 5.71 Å². The van der Waals surface area contributed by atoms with Crippen LogP contribution < -0.4 is 0 Å².